The number of rotatable bonds is 3. The lowest BCUT2D eigenvalue weighted by Crippen LogP contribution is -2.49. The molecule has 124 valence electrons. The number of benzene rings is 1. The number of nitrogens with zero attached hydrogens (tertiary/aromatic N) is 1. The Labute approximate surface area is 142 Å². The van der Waals surface area contributed by atoms with E-state index < -0.39 is 0 Å². The molecule has 0 bridgehead atoms. The molecular formula is C18H23ClN2O2. The fourth-order valence-electron chi connectivity index (χ4n) is 3.58. The largest absolute Gasteiger partial charge is 0.352 e. The Hall–Kier alpha value is -1.55. The number of carbonyl (C=O) groups is 2. The van der Waals surface area contributed by atoms with Crippen LogP contribution in [-0.2, 0) is 4.79 Å². The van der Waals surface area contributed by atoms with E-state index in [9.17, 15) is 9.59 Å². The fraction of sp³-hybridized carbons (Fsp3) is 0.556. The van der Waals surface area contributed by atoms with Crippen LogP contribution in [0.3, 0.4) is 0 Å². The topological polar surface area (TPSA) is 49.4 Å². The van der Waals surface area contributed by atoms with E-state index in [1.165, 1.54) is 19.3 Å². The first kappa shape index (κ1) is 16.3. The van der Waals surface area contributed by atoms with Gasteiger partial charge in [-0.1, -0.05) is 30.9 Å². The number of likely N-dealkylation sites (tertiary alicyclic amines) is 1. The van der Waals surface area contributed by atoms with Gasteiger partial charge in [0.15, 0.2) is 0 Å². The molecule has 2 fully saturated rings. The Morgan fingerprint density at radius 3 is 2.39 bits per heavy atom. The first-order valence-electron chi connectivity index (χ1n) is 8.52. The molecule has 2 aliphatic rings. The maximum atomic E-state index is 12.7. The van der Waals surface area contributed by atoms with Crippen LogP contribution in [0.1, 0.15) is 55.3 Å². The number of carbonyl (C=O) groups excluding carboxylic acids is 2. The van der Waals surface area contributed by atoms with Crippen LogP contribution in [0.2, 0.25) is 5.02 Å². The van der Waals surface area contributed by atoms with Crippen LogP contribution in [-0.4, -0.2) is 35.3 Å². The van der Waals surface area contributed by atoms with Gasteiger partial charge in [0, 0.05) is 23.2 Å². The van der Waals surface area contributed by atoms with Gasteiger partial charge in [-0.25, -0.2) is 0 Å². The molecule has 1 saturated heterocycles. The SMILES string of the molecule is O=C(NC1CCCCC1)[C@@H]1CCCN1C(=O)c1ccc(Cl)cc1. The monoisotopic (exact) mass is 334 g/mol. The molecule has 5 heteroatoms. The summed E-state index contributed by atoms with van der Waals surface area (Å²) in [6.45, 7) is 0.643. The van der Waals surface area contributed by atoms with Gasteiger partial charge in [-0.15, -0.1) is 0 Å². The number of hydrogen-bond acceptors (Lipinski definition) is 2. The molecule has 1 aromatic rings. The summed E-state index contributed by atoms with van der Waals surface area (Å²) in [6.07, 6.45) is 7.37. The molecule has 1 atom stereocenters. The minimum absolute atomic E-state index is 0.0108. The second kappa shape index (κ2) is 7.35. The highest BCUT2D eigenvalue weighted by atomic mass is 35.5. The summed E-state index contributed by atoms with van der Waals surface area (Å²) < 4.78 is 0. The van der Waals surface area contributed by atoms with Crippen LogP contribution >= 0.6 is 11.6 Å². The minimum Gasteiger partial charge on any atom is -0.352 e. The molecule has 1 N–H and O–H groups in total. The second-order valence-corrected chi connectivity index (χ2v) is 6.94. The molecule has 0 spiro atoms. The lowest BCUT2D eigenvalue weighted by molar-refractivity contribution is -0.125. The summed E-state index contributed by atoms with van der Waals surface area (Å²) in [6, 6.07) is 6.81. The molecule has 1 saturated carbocycles. The summed E-state index contributed by atoms with van der Waals surface area (Å²) >= 11 is 5.87. The molecule has 1 aliphatic carbocycles. The van der Waals surface area contributed by atoms with E-state index in [-0.39, 0.29) is 23.9 Å². The van der Waals surface area contributed by atoms with Crippen molar-refractivity contribution in [2.45, 2.75) is 57.0 Å². The van der Waals surface area contributed by atoms with Gasteiger partial charge in [0.05, 0.1) is 0 Å². The van der Waals surface area contributed by atoms with E-state index in [4.69, 9.17) is 11.6 Å². The number of amides is 2. The van der Waals surface area contributed by atoms with Gasteiger partial charge >= 0.3 is 0 Å². The average molecular weight is 335 g/mol. The zero-order chi connectivity index (χ0) is 16.2. The van der Waals surface area contributed by atoms with Crippen molar-refractivity contribution in [1.29, 1.82) is 0 Å². The second-order valence-electron chi connectivity index (χ2n) is 6.51. The molecule has 3 rings (SSSR count). The third-order valence-corrected chi connectivity index (χ3v) is 5.11. The van der Waals surface area contributed by atoms with E-state index in [2.05, 4.69) is 5.32 Å². The number of nitrogens with one attached hydrogen (secondary N) is 1. The van der Waals surface area contributed by atoms with Crippen molar-refractivity contribution in [3.63, 3.8) is 0 Å². The van der Waals surface area contributed by atoms with Gasteiger partial charge in [-0.2, -0.15) is 0 Å². The van der Waals surface area contributed by atoms with Crippen LogP contribution in [0.5, 0.6) is 0 Å². The van der Waals surface area contributed by atoms with Gasteiger partial charge in [0.2, 0.25) is 5.91 Å². The summed E-state index contributed by atoms with van der Waals surface area (Å²) in [7, 11) is 0. The fourth-order valence-corrected chi connectivity index (χ4v) is 3.71. The minimum atomic E-state index is -0.333. The van der Waals surface area contributed by atoms with Crippen LogP contribution in [0.15, 0.2) is 24.3 Å². The number of hydrogen-bond donors (Lipinski definition) is 1. The first-order valence-corrected chi connectivity index (χ1v) is 8.90. The highest BCUT2D eigenvalue weighted by Gasteiger charge is 2.35. The van der Waals surface area contributed by atoms with Gasteiger partial charge in [0.1, 0.15) is 6.04 Å². The highest BCUT2D eigenvalue weighted by Crippen LogP contribution is 2.23. The van der Waals surface area contributed by atoms with Gasteiger partial charge in [-0.3, -0.25) is 9.59 Å². The van der Waals surface area contributed by atoms with Crippen LogP contribution in [0.25, 0.3) is 0 Å². The maximum Gasteiger partial charge on any atom is 0.254 e. The van der Waals surface area contributed by atoms with Crippen molar-refractivity contribution in [2.24, 2.45) is 0 Å². The molecule has 2 amide bonds. The van der Waals surface area contributed by atoms with Gasteiger partial charge in [0.25, 0.3) is 5.91 Å². The summed E-state index contributed by atoms with van der Waals surface area (Å²) in [5, 5.41) is 3.76. The summed E-state index contributed by atoms with van der Waals surface area (Å²) in [5.41, 5.74) is 0.590. The Balaban J connectivity index is 1.65. The number of halogens is 1. The lowest BCUT2D eigenvalue weighted by Gasteiger charge is -2.28. The quantitative estimate of drug-likeness (QED) is 0.921. The van der Waals surface area contributed by atoms with Crippen molar-refractivity contribution in [3.8, 4) is 0 Å². The molecule has 0 aromatic heterocycles. The van der Waals surface area contributed by atoms with Crippen LogP contribution < -0.4 is 5.32 Å². The molecule has 0 radical (unpaired) electrons. The van der Waals surface area contributed by atoms with Crippen molar-refractivity contribution < 1.29 is 9.59 Å². The molecule has 1 aromatic carbocycles. The van der Waals surface area contributed by atoms with E-state index in [0.717, 1.165) is 25.7 Å². The van der Waals surface area contributed by atoms with Crippen LogP contribution in [0.4, 0.5) is 0 Å². The van der Waals surface area contributed by atoms with Crippen LogP contribution in [0, 0.1) is 0 Å². The third-order valence-electron chi connectivity index (χ3n) is 4.86. The zero-order valence-corrected chi connectivity index (χ0v) is 14.0. The zero-order valence-electron chi connectivity index (χ0n) is 13.3. The summed E-state index contributed by atoms with van der Waals surface area (Å²) in [5.74, 6) is -0.0697. The molecular weight excluding hydrogens is 312 g/mol. The van der Waals surface area contributed by atoms with E-state index in [1.807, 2.05) is 0 Å². The predicted octanol–water partition coefficient (Wildman–Crippen LogP) is 3.39. The Kier molecular flexibility index (Phi) is 5.21. The predicted molar refractivity (Wildman–Crippen MR) is 90.5 cm³/mol. The van der Waals surface area contributed by atoms with Crippen molar-refractivity contribution in [2.75, 3.05) is 6.54 Å². The molecule has 0 unspecified atom stereocenters. The smallest absolute Gasteiger partial charge is 0.254 e. The van der Waals surface area contributed by atoms with Crippen molar-refractivity contribution in [3.05, 3.63) is 34.9 Å². The van der Waals surface area contributed by atoms with Crippen molar-refractivity contribution >= 4 is 23.4 Å². The highest BCUT2D eigenvalue weighted by molar-refractivity contribution is 6.30. The van der Waals surface area contributed by atoms with E-state index >= 15 is 0 Å². The normalized spacial score (nSPS) is 22.1. The van der Waals surface area contributed by atoms with Crippen molar-refractivity contribution in [1.82, 2.24) is 10.2 Å². The van der Waals surface area contributed by atoms with E-state index in [0.29, 0.717) is 17.1 Å². The third kappa shape index (κ3) is 3.86. The standard InChI is InChI=1S/C18H23ClN2O2/c19-14-10-8-13(9-11-14)18(23)21-12-4-7-16(21)17(22)20-15-5-2-1-3-6-15/h8-11,15-16H,1-7,12H2,(H,20,22)/t16-/m0/s1. The van der Waals surface area contributed by atoms with Gasteiger partial charge in [-0.05, 0) is 49.9 Å². The Morgan fingerprint density at radius 2 is 1.70 bits per heavy atom. The molecule has 23 heavy (non-hydrogen) atoms. The molecule has 1 heterocycles. The average Bonchev–Trinajstić information content (AvgIpc) is 3.05. The maximum absolute atomic E-state index is 12.7. The summed E-state index contributed by atoms with van der Waals surface area (Å²) in [4.78, 5) is 27.0. The first-order chi connectivity index (χ1) is 11.1. The Bertz CT molecular complexity index is 567. The molecule has 1 aliphatic heterocycles. The Morgan fingerprint density at radius 1 is 1.00 bits per heavy atom. The molecule has 4 nitrogen and oxygen atoms in total. The van der Waals surface area contributed by atoms with Gasteiger partial charge < -0.3 is 10.2 Å². The lowest BCUT2D eigenvalue weighted by atomic mass is 9.95. The van der Waals surface area contributed by atoms with E-state index in [1.54, 1.807) is 29.2 Å².